The van der Waals surface area contributed by atoms with Crippen LogP contribution >= 0.6 is 0 Å². The van der Waals surface area contributed by atoms with Crippen LogP contribution in [0.4, 0.5) is 0 Å². The van der Waals surface area contributed by atoms with Gasteiger partial charge in [-0.25, -0.2) is 0 Å². The van der Waals surface area contributed by atoms with Crippen LogP contribution in [-0.4, -0.2) is 29.6 Å². The summed E-state index contributed by atoms with van der Waals surface area (Å²) < 4.78 is 0. The standard InChI is InChI=1S/C14H26N2O/c1-5-6-12-15-13(9(2)3)14(17)16(12)8-11-7-10(11)4/h9-13,15H,5-8H2,1-4H3. The van der Waals surface area contributed by atoms with Crippen LogP contribution in [0.1, 0.15) is 47.0 Å². The summed E-state index contributed by atoms with van der Waals surface area (Å²) >= 11 is 0. The minimum Gasteiger partial charge on any atom is -0.326 e. The molecule has 0 aromatic heterocycles. The van der Waals surface area contributed by atoms with Gasteiger partial charge in [0.2, 0.25) is 5.91 Å². The van der Waals surface area contributed by atoms with Crippen molar-refractivity contribution in [2.75, 3.05) is 6.54 Å². The number of rotatable bonds is 5. The van der Waals surface area contributed by atoms with Gasteiger partial charge in [-0.15, -0.1) is 0 Å². The highest BCUT2D eigenvalue weighted by Crippen LogP contribution is 2.39. The normalized spacial score (nSPS) is 37.0. The molecule has 1 saturated heterocycles. The molecule has 3 nitrogen and oxygen atoms in total. The lowest BCUT2D eigenvalue weighted by atomic mass is 10.1. The summed E-state index contributed by atoms with van der Waals surface area (Å²) in [7, 11) is 0. The molecule has 1 aliphatic carbocycles. The van der Waals surface area contributed by atoms with Gasteiger partial charge >= 0.3 is 0 Å². The van der Waals surface area contributed by atoms with E-state index in [4.69, 9.17) is 0 Å². The third kappa shape index (κ3) is 2.65. The monoisotopic (exact) mass is 238 g/mol. The van der Waals surface area contributed by atoms with Gasteiger partial charge in [0.15, 0.2) is 0 Å². The minimum absolute atomic E-state index is 0.0422. The van der Waals surface area contributed by atoms with Crippen molar-refractivity contribution >= 4 is 5.91 Å². The minimum atomic E-state index is 0.0422. The van der Waals surface area contributed by atoms with Crippen LogP contribution in [-0.2, 0) is 4.79 Å². The molecular formula is C14H26N2O. The van der Waals surface area contributed by atoms with Gasteiger partial charge in [0.05, 0.1) is 12.2 Å². The Morgan fingerprint density at radius 3 is 2.59 bits per heavy atom. The first-order valence-electron chi connectivity index (χ1n) is 7.11. The molecule has 1 amide bonds. The summed E-state index contributed by atoms with van der Waals surface area (Å²) in [6.07, 6.45) is 3.80. The molecule has 1 N–H and O–H groups in total. The zero-order valence-corrected chi connectivity index (χ0v) is 11.6. The maximum Gasteiger partial charge on any atom is 0.241 e. The van der Waals surface area contributed by atoms with E-state index in [0.717, 1.165) is 31.2 Å². The number of nitrogens with zero attached hydrogens (tertiary/aromatic N) is 1. The van der Waals surface area contributed by atoms with Gasteiger partial charge in [0.25, 0.3) is 0 Å². The molecule has 2 rings (SSSR count). The zero-order chi connectivity index (χ0) is 12.6. The molecule has 2 aliphatic rings. The van der Waals surface area contributed by atoms with Crippen molar-refractivity contribution in [2.24, 2.45) is 17.8 Å². The molecule has 1 aliphatic heterocycles. The van der Waals surface area contributed by atoms with E-state index in [9.17, 15) is 4.79 Å². The molecule has 4 atom stereocenters. The molecule has 0 aromatic rings. The maximum absolute atomic E-state index is 12.4. The second-order valence-electron chi connectivity index (χ2n) is 6.16. The average Bonchev–Trinajstić information content (AvgIpc) is 2.86. The van der Waals surface area contributed by atoms with E-state index < -0.39 is 0 Å². The zero-order valence-electron chi connectivity index (χ0n) is 11.6. The van der Waals surface area contributed by atoms with Crippen LogP contribution in [0.3, 0.4) is 0 Å². The highest BCUT2D eigenvalue weighted by atomic mass is 16.2. The molecule has 0 radical (unpaired) electrons. The van der Waals surface area contributed by atoms with Crippen LogP contribution in [0.15, 0.2) is 0 Å². The van der Waals surface area contributed by atoms with E-state index in [-0.39, 0.29) is 12.2 Å². The lowest BCUT2D eigenvalue weighted by Gasteiger charge is -2.23. The first-order valence-corrected chi connectivity index (χ1v) is 7.11. The Hall–Kier alpha value is -0.570. The first kappa shape index (κ1) is 12.9. The average molecular weight is 238 g/mol. The Balaban J connectivity index is 2.01. The summed E-state index contributed by atoms with van der Waals surface area (Å²) in [5.74, 6) is 2.30. The Kier molecular flexibility index (Phi) is 3.76. The summed E-state index contributed by atoms with van der Waals surface area (Å²) in [5, 5.41) is 3.52. The van der Waals surface area contributed by atoms with E-state index in [1.165, 1.54) is 6.42 Å². The van der Waals surface area contributed by atoms with E-state index in [0.29, 0.717) is 11.8 Å². The third-order valence-corrected chi connectivity index (χ3v) is 4.23. The smallest absolute Gasteiger partial charge is 0.241 e. The number of carbonyl (C=O) groups excluding carboxylic acids is 1. The Morgan fingerprint density at radius 1 is 1.47 bits per heavy atom. The molecule has 1 heterocycles. The van der Waals surface area contributed by atoms with Crippen LogP contribution in [0.25, 0.3) is 0 Å². The van der Waals surface area contributed by atoms with Crippen LogP contribution in [0, 0.1) is 17.8 Å². The SMILES string of the molecule is CCCC1NC(C(C)C)C(=O)N1CC1CC1C. The first-order chi connectivity index (χ1) is 8.04. The fourth-order valence-corrected chi connectivity index (χ4v) is 2.81. The Bertz CT molecular complexity index is 290. The molecular weight excluding hydrogens is 212 g/mol. The number of carbonyl (C=O) groups is 1. The van der Waals surface area contributed by atoms with Crippen molar-refractivity contribution in [3.8, 4) is 0 Å². The van der Waals surface area contributed by atoms with E-state index in [2.05, 4.69) is 37.9 Å². The molecule has 3 heteroatoms. The number of hydrogen-bond acceptors (Lipinski definition) is 2. The number of amides is 1. The largest absolute Gasteiger partial charge is 0.326 e. The molecule has 98 valence electrons. The second-order valence-corrected chi connectivity index (χ2v) is 6.16. The lowest BCUT2D eigenvalue weighted by Crippen LogP contribution is -2.38. The van der Waals surface area contributed by atoms with E-state index >= 15 is 0 Å². The van der Waals surface area contributed by atoms with Crippen LogP contribution in [0.5, 0.6) is 0 Å². The predicted octanol–water partition coefficient (Wildman–Crippen LogP) is 2.22. The van der Waals surface area contributed by atoms with Crippen molar-refractivity contribution in [2.45, 2.75) is 59.2 Å². The van der Waals surface area contributed by atoms with Gasteiger partial charge in [-0.2, -0.15) is 0 Å². The van der Waals surface area contributed by atoms with Crippen molar-refractivity contribution in [3.05, 3.63) is 0 Å². The summed E-state index contributed by atoms with van der Waals surface area (Å²) in [5.41, 5.74) is 0. The fraction of sp³-hybridized carbons (Fsp3) is 0.929. The predicted molar refractivity (Wildman–Crippen MR) is 69.4 cm³/mol. The fourth-order valence-electron chi connectivity index (χ4n) is 2.81. The lowest BCUT2D eigenvalue weighted by molar-refractivity contribution is -0.131. The quantitative estimate of drug-likeness (QED) is 0.796. The molecule has 17 heavy (non-hydrogen) atoms. The van der Waals surface area contributed by atoms with Crippen LogP contribution in [0.2, 0.25) is 0 Å². The third-order valence-electron chi connectivity index (χ3n) is 4.23. The van der Waals surface area contributed by atoms with Crippen molar-refractivity contribution in [1.29, 1.82) is 0 Å². The van der Waals surface area contributed by atoms with Crippen molar-refractivity contribution in [1.82, 2.24) is 10.2 Å². The highest BCUT2D eigenvalue weighted by Gasteiger charge is 2.43. The molecule has 2 fully saturated rings. The van der Waals surface area contributed by atoms with Crippen LogP contribution < -0.4 is 5.32 Å². The summed E-state index contributed by atoms with van der Waals surface area (Å²) in [6, 6.07) is 0.0422. The molecule has 0 spiro atoms. The van der Waals surface area contributed by atoms with Crippen molar-refractivity contribution < 1.29 is 4.79 Å². The topological polar surface area (TPSA) is 32.3 Å². The maximum atomic E-state index is 12.4. The number of nitrogens with one attached hydrogen (secondary N) is 1. The molecule has 0 bridgehead atoms. The van der Waals surface area contributed by atoms with Crippen molar-refractivity contribution in [3.63, 3.8) is 0 Å². The number of hydrogen-bond donors (Lipinski definition) is 1. The molecule has 0 aromatic carbocycles. The van der Waals surface area contributed by atoms with Gasteiger partial charge in [-0.3, -0.25) is 10.1 Å². The van der Waals surface area contributed by atoms with E-state index in [1.54, 1.807) is 0 Å². The van der Waals surface area contributed by atoms with Gasteiger partial charge in [0.1, 0.15) is 0 Å². The second kappa shape index (κ2) is 4.97. The highest BCUT2D eigenvalue weighted by molar-refractivity contribution is 5.84. The van der Waals surface area contributed by atoms with E-state index in [1.807, 2.05) is 0 Å². The molecule has 4 unspecified atom stereocenters. The summed E-state index contributed by atoms with van der Waals surface area (Å²) in [4.78, 5) is 14.5. The van der Waals surface area contributed by atoms with Gasteiger partial charge in [0, 0.05) is 6.54 Å². The Morgan fingerprint density at radius 2 is 2.12 bits per heavy atom. The van der Waals surface area contributed by atoms with Gasteiger partial charge in [-0.1, -0.05) is 34.1 Å². The Labute approximate surface area is 105 Å². The summed E-state index contributed by atoms with van der Waals surface area (Å²) in [6.45, 7) is 9.70. The molecule has 1 saturated carbocycles. The van der Waals surface area contributed by atoms with Gasteiger partial charge in [-0.05, 0) is 30.6 Å². The van der Waals surface area contributed by atoms with Gasteiger partial charge < -0.3 is 4.90 Å².